The summed E-state index contributed by atoms with van der Waals surface area (Å²) in [5.74, 6) is 1.68. The molecule has 0 radical (unpaired) electrons. The van der Waals surface area contributed by atoms with E-state index in [4.69, 9.17) is 0 Å². The summed E-state index contributed by atoms with van der Waals surface area (Å²) < 4.78 is 0. The van der Waals surface area contributed by atoms with E-state index in [1.807, 2.05) is 17.3 Å². The van der Waals surface area contributed by atoms with Gasteiger partial charge < -0.3 is 4.90 Å². The van der Waals surface area contributed by atoms with E-state index in [-0.39, 0.29) is 0 Å². The number of aromatic nitrogens is 2. The maximum atomic E-state index is 11.4. The Morgan fingerprint density at radius 3 is 2.53 bits per heavy atom. The van der Waals surface area contributed by atoms with Crippen LogP contribution in [0.5, 0.6) is 0 Å². The Morgan fingerprint density at radius 2 is 1.94 bits per heavy atom. The number of ketones is 1. The van der Waals surface area contributed by atoms with Crippen molar-refractivity contribution < 1.29 is 4.79 Å². The highest BCUT2D eigenvalue weighted by molar-refractivity contribution is 5.84. The van der Waals surface area contributed by atoms with Crippen LogP contribution >= 0.6 is 0 Å². The highest BCUT2D eigenvalue weighted by Gasteiger charge is 2.22. The fourth-order valence-corrected chi connectivity index (χ4v) is 2.46. The van der Waals surface area contributed by atoms with E-state index in [1.54, 1.807) is 0 Å². The molecule has 0 aromatic carbocycles. The largest absolute Gasteiger partial charge is 0.333 e. The average Bonchev–Trinajstić information content (AvgIpc) is 2.28. The second kappa shape index (κ2) is 4.43. The third-order valence-electron chi connectivity index (χ3n) is 3.77. The molecule has 1 saturated heterocycles. The van der Waals surface area contributed by atoms with E-state index in [1.165, 1.54) is 24.8 Å². The van der Waals surface area contributed by atoms with E-state index in [0.29, 0.717) is 30.6 Å². The molecule has 17 heavy (non-hydrogen) atoms. The molecule has 1 aliphatic carbocycles. The molecule has 1 saturated carbocycles. The van der Waals surface area contributed by atoms with Gasteiger partial charge in [-0.3, -0.25) is 4.79 Å². The predicted molar refractivity (Wildman–Crippen MR) is 65.1 cm³/mol. The van der Waals surface area contributed by atoms with Crippen molar-refractivity contribution >= 4 is 11.7 Å². The third kappa shape index (κ3) is 2.16. The first-order chi connectivity index (χ1) is 8.33. The average molecular weight is 231 g/mol. The van der Waals surface area contributed by atoms with Gasteiger partial charge in [0.05, 0.1) is 6.54 Å². The Hall–Kier alpha value is -1.45. The van der Waals surface area contributed by atoms with Gasteiger partial charge in [0.25, 0.3) is 0 Å². The fraction of sp³-hybridized carbons (Fsp3) is 0.615. The number of rotatable bonds is 2. The first-order valence-corrected chi connectivity index (χ1v) is 6.41. The summed E-state index contributed by atoms with van der Waals surface area (Å²) in [6, 6.07) is 0. The topological polar surface area (TPSA) is 46.1 Å². The molecule has 4 nitrogen and oxygen atoms in total. The zero-order valence-electron chi connectivity index (χ0n) is 9.93. The Bertz CT molecular complexity index is 411. The summed E-state index contributed by atoms with van der Waals surface area (Å²) in [7, 11) is 0. The van der Waals surface area contributed by atoms with Crippen LogP contribution in [-0.2, 0) is 4.79 Å². The van der Waals surface area contributed by atoms with E-state index >= 15 is 0 Å². The molecule has 0 unspecified atom stereocenters. The standard InChI is InChI=1S/C13H17N3O/c17-12-5-2-6-16(9-12)13-14-7-11(8-15-13)10-3-1-4-10/h7-8,10H,1-6,9H2. The molecule has 90 valence electrons. The van der Waals surface area contributed by atoms with Gasteiger partial charge in [-0.1, -0.05) is 6.42 Å². The van der Waals surface area contributed by atoms with Crippen LogP contribution in [0, 0.1) is 0 Å². The molecule has 4 heteroatoms. The molecule has 1 aliphatic heterocycles. The fourth-order valence-electron chi connectivity index (χ4n) is 2.46. The van der Waals surface area contributed by atoms with Gasteiger partial charge in [0.1, 0.15) is 0 Å². The number of nitrogens with zero attached hydrogens (tertiary/aromatic N) is 3. The lowest BCUT2D eigenvalue weighted by atomic mass is 9.81. The maximum Gasteiger partial charge on any atom is 0.225 e. The monoisotopic (exact) mass is 231 g/mol. The van der Waals surface area contributed by atoms with Crippen molar-refractivity contribution in [3.63, 3.8) is 0 Å². The number of anilines is 1. The van der Waals surface area contributed by atoms with Crippen molar-refractivity contribution in [1.29, 1.82) is 0 Å². The van der Waals surface area contributed by atoms with Gasteiger partial charge in [0.2, 0.25) is 5.95 Å². The lowest BCUT2D eigenvalue weighted by molar-refractivity contribution is -0.118. The van der Waals surface area contributed by atoms with Gasteiger partial charge in [-0.2, -0.15) is 0 Å². The van der Waals surface area contributed by atoms with Crippen molar-refractivity contribution in [1.82, 2.24) is 9.97 Å². The Kier molecular flexibility index (Phi) is 2.79. The van der Waals surface area contributed by atoms with Crippen molar-refractivity contribution in [2.24, 2.45) is 0 Å². The van der Waals surface area contributed by atoms with Crippen LogP contribution in [0.15, 0.2) is 12.4 Å². The third-order valence-corrected chi connectivity index (χ3v) is 3.77. The Balaban J connectivity index is 1.72. The zero-order valence-corrected chi connectivity index (χ0v) is 9.93. The minimum atomic E-state index is 0.294. The Labute approximate surface area is 101 Å². The van der Waals surface area contributed by atoms with Crippen molar-refractivity contribution in [2.75, 3.05) is 18.0 Å². The van der Waals surface area contributed by atoms with Crippen molar-refractivity contribution in [3.05, 3.63) is 18.0 Å². The van der Waals surface area contributed by atoms with Crippen LogP contribution in [-0.4, -0.2) is 28.8 Å². The number of carbonyl (C=O) groups is 1. The lowest BCUT2D eigenvalue weighted by Gasteiger charge is -2.27. The second-order valence-electron chi connectivity index (χ2n) is 5.01. The molecule has 1 aromatic heterocycles. The van der Waals surface area contributed by atoms with E-state index in [2.05, 4.69) is 9.97 Å². The van der Waals surface area contributed by atoms with E-state index in [9.17, 15) is 4.79 Å². The molecule has 1 aromatic rings. The molecular formula is C13H17N3O. The van der Waals surface area contributed by atoms with Gasteiger partial charge in [0.15, 0.2) is 5.78 Å². The van der Waals surface area contributed by atoms with Gasteiger partial charge in [-0.05, 0) is 30.7 Å². The smallest absolute Gasteiger partial charge is 0.225 e. The molecule has 2 fully saturated rings. The van der Waals surface area contributed by atoms with Crippen LogP contribution in [0.2, 0.25) is 0 Å². The number of piperidine rings is 1. The second-order valence-corrected chi connectivity index (χ2v) is 5.01. The minimum absolute atomic E-state index is 0.294. The molecule has 0 atom stereocenters. The zero-order chi connectivity index (χ0) is 11.7. The number of hydrogen-bond donors (Lipinski definition) is 0. The van der Waals surface area contributed by atoms with E-state index < -0.39 is 0 Å². The predicted octanol–water partition coefficient (Wildman–Crippen LogP) is 1.91. The molecule has 2 aliphatic rings. The highest BCUT2D eigenvalue weighted by atomic mass is 16.1. The minimum Gasteiger partial charge on any atom is -0.333 e. The van der Waals surface area contributed by atoms with Crippen molar-refractivity contribution in [3.8, 4) is 0 Å². The normalized spacial score (nSPS) is 21.4. The molecule has 2 heterocycles. The molecule has 0 bridgehead atoms. The molecule has 0 amide bonds. The SMILES string of the molecule is O=C1CCCN(c2ncc(C3CCC3)cn2)C1. The van der Waals surface area contributed by atoms with Gasteiger partial charge in [-0.25, -0.2) is 9.97 Å². The Morgan fingerprint density at radius 1 is 1.18 bits per heavy atom. The van der Waals surface area contributed by atoms with Crippen LogP contribution in [0.1, 0.15) is 43.6 Å². The molecule has 0 N–H and O–H groups in total. The molecular weight excluding hydrogens is 214 g/mol. The number of carbonyl (C=O) groups excluding carboxylic acids is 1. The summed E-state index contributed by atoms with van der Waals surface area (Å²) in [6.45, 7) is 1.37. The maximum absolute atomic E-state index is 11.4. The highest BCUT2D eigenvalue weighted by Crippen LogP contribution is 2.35. The summed E-state index contributed by atoms with van der Waals surface area (Å²) >= 11 is 0. The van der Waals surface area contributed by atoms with Crippen molar-refractivity contribution in [2.45, 2.75) is 38.0 Å². The van der Waals surface area contributed by atoms with Crippen LogP contribution in [0.25, 0.3) is 0 Å². The summed E-state index contributed by atoms with van der Waals surface area (Å²) in [5.41, 5.74) is 1.25. The summed E-state index contributed by atoms with van der Waals surface area (Å²) in [4.78, 5) is 22.2. The summed E-state index contributed by atoms with van der Waals surface area (Å²) in [6.07, 6.45) is 9.36. The van der Waals surface area contributed by atoms with Crippen LogP contribution in [0.3, 0.4) is 0 Å². The van der Waals surface area contributed by atoms with Gasteiger partial charge in [-0.15, -0.1) is 0 Å². The lowest BCUT2D eigenvalue weighted by Crippen LogP contribution is -2.36. The van der Waals surface area contributed by atoms with E-state index in [0.717, 1.165) is 13.0 Å². The van der Waals surface area contributed by atoms with Crippen LogP contribution in [0.4, 0.5) is 5.95 Å². The first-order valence-electron chi connectivity index (χ1n) is 6.41. The molecule has 0 spiro atoms. The first kappa shape index (κ1) is 10.7. The molecule has 3 rings (SSSR count). The van der Waals surface area contributed by atoms with Crippen LogP contribution < -0.4 is 4.90 Å². The van der Waals surface area contributed by atoms with Gasteiger partial charge in [0, 0.05) is 25.4 Å². The summed E-state index contributed by atoms with van der Waals surface area (Å²) in [5, 5.41) is 0. The number of hydrogen-bond acceptors (Lipinski definition) is 4. The van der Waals surface area contributed by atoms with Gasteiger partial charge >= 0.3 is 0 Å². The number of Topliss-reactive ketones (excluding diaryl/α,β-unsaturated/α-hetero) is 1. The quantitative estimate of drug-likeness (QED) is 0.780.